The summed E-state index contributed by atoms with van der Waals surface area (Å²) in [7, 11) is 0. The second kappa shape index (κ2) is 6.95. The minimum absolute atomic E-state index is 0.748. The van der Waals surface area contributed by atoms with Crippen molar-refractivity contribution in [3.05, 3.63) is 58.6 Å². The number of nitrogens with zero attached hydrogens (tertiary/aromatic N) is 2. The molecule has 0 radical (unpaired) electrons. The molecule has 0 aromatic heterocycles. The third kappa shape index (κ3) is 3.67. The van der Waals surface area contributed by atoms with Gasteiger partial charge in [0.2, 0.25) is 0 Å². The summed E-state index contributed by atoms with van der Waals surface area (Å²) in [6.45, 7) is 5.50. The van der Waals surface area contributed by atoms with Crippen molar-refractivity contribution in [2.24, 2.45) is 4.99 Å². The highest BCUT2D eigenvalue weighted by molar-refractivity contribution is 6.31. The van der Waals surface area contributed by atoms with Crippen LogP contribution in [0.4, 0.5) is 11.4 Å². The smallest absolute Gasteiger partial charge is 0.0644 e. The fraction of sp³-hybridized carbons (Fsp3) is 0.278. The van der Waals surface area contributed by atoms with Crippen LogP contribution in [0.2, 0.25) is 5.02 Å². The summed E-state index contributed by atoms with van der Waals surface area (Å²) in [4.78, 5) is 6.82. The highest BCUT2D eigenvalue weighted by atomic mass is 35.5. The van der Waals surface area contributed by atoms with E-state index < -0.39 is 0 Å². The van der Waals surface area contributed by atoms with Gasteiger partial charge in [-0.2, -0.15) is 0 Å². The molecule has 2 aromatic rings. The van der Waals surface area contributed by atoms with Crippen LogP contribution in [0.3, 0.4) is 0 Å². The molecule has 0 unspecified atom stereocenters. The molecule has 0 bridgehead atoms. The van der Waals surface area contributed by atoms with E-state index in [-0.39, 0.29) is 0 Å². The molecule has 114 valence electrons. The van der Waals surface area contributed by atoms with Crippen molar-refractivity contribution in [1.82, 2.24) is 0 Å². The first-order valence-corrected chi connectivity index (χ1v) is 7.83. The Kier molecular flexibility index (Phi) is 4.76. The lowest BCUT2D eigenvalue weighted by Crippen LogP contribution is -2.36. The second-order valence-electron chi connectivity index (χ2n) is 5.38. The van der Waals surface area contributed by atoms with E-state index in [1.807, 2.05) is 31.3 Å². The number of hydrogen-bond donors (Lipinski definition) is 0. The first kappa shape index (κ1) is 15.1. The van der Waals surface area contributed by atoms with Gasteiger partial charge >= 0.3 is 0 Å². The van der Waals surface area contributed by atoms with Crippen LogP contribution in [0.25, 0.3) is 0 Å². The summed E-state index contributed by atoms with van der Waals surface area (Å²) >= 11 is 6.11. The molecule has 3 rings (SSSR count). The molecule has 1 saturated heterocycles. The number of aryl methyl sites for hydroxylation is 1. The summed E-state index contributed by atoms with van der Waals surface area (Å²) < 4.78 is 5.38. The summed E-state index contributed by atoms with van der Waals surface area (Å²) in [6, 6.07) is 14.3. The van der Waals surface area contributed by atoms with Gasteiger partial charge in [-0.25, -0.2) is 0 Å². The molecule has 0 N–H and O–H groups in total. The average Bonchev–Trinajstić information content (AvgIpc) is 2.57. The van der Waals surface area contributed by atoms with Gasteiger partial charge in [0.15, 0.2) is 0 Å². The van der Waals surface area contributed by atoms with Crippen molar-refractivity contribution in [1.29, 1.82) is 0 Å². The molecule has 0 saturated carbocycles. The van der Waals surface area contributed by atoms with E-state index in [0.717, 1.165) is 48.1 Å². The highest BCUT2D eigenvalue weighted by Gasteiger charge is 2.10. The van der Waals surface area contributed by atoms with Gasteiger partial charge in [-0.15, -0.1) is 0 Å². The van der Waals surface area contributed by atoms with E-state index in [4.69, 9.17) is 16.3 Å². The minimum atomic E-state index is 0.748. The number of rotatable bonds is 3. The summed E-state index contributed by atoms with van der Waals surface area (Å²) in [5, 5.41) is 0.748. The fourth-order valence-corrected chi connectivity index (χ4v) is 2.58. The van der Waals surface area contributed by atoms with Crippen LogP contribution in [0.5, 0.6) is 0 Å². The Balaban J connectivity index is 1.69. The molecule has 0 atom stereocenters. The topological polar surface area (TPSA) is 24.8 Å². The molecule has 1 aliphatic heterocycles. The molecule has 0 amide bonds. The molecule has 0 spiro atoms. The van der Waals surface area contributed by atoms with Gasteiger partial charge in [-0.3, -0.25) is 4.99 Å². The third-order valence-corrected chi connectivity index (χ3v) is 4.19. The lowest BCUT2D eigenvalue weighted by molar-refractivity contribution is 0.122. The van der Waals surface area contributed by atoms with Gasteiger partial charge in [0.1, 0.15) is 0 Å². The number of halogens is 1. The van der Waals surface area contributed by atoms with Crippen molar-refractivity contribution in [2.75, 3.05) is 31.2 Å². The van der Waals surface area contributed by atoms with Crippen LogP contribution in [-0.4, -0.2) is 32.5 Å². The first-order chi connectivity index (χ1) is 10.7. The Hall–Kier alpha value is -1.84. The summed E-state index contributed by atoms with van der Waals surface area (Å²) in [5.74, 6) is 0. The van der Waals surface area contributed by atoms with Crippen molar-refractivity contribution >= 4 is 29.2 Å². The van der Waals surface area contributed by atoms with Gasteiger partial charge in [0, 0.05) is 30.0 Å². The van der Waals surface area contributed by atoms with Crippen molar-refractivity contribution in [3.63, 3.8) is 0 Å². The summed E-state index contributed by atoms with van der Waals surface area (Å²) in [6.07, 6.45) is 1.87. The Labute approximate surface area is 136 Å². The lowest BCUT2D eigenvalue weighted by Gasteiger charge is -2.28. The molecule has 2 aromatic carbocycles. The van der Waals surface area contributed by atoms with Gasteiger partial charge in [-0.1, -0.05) is 29.8 Å². The maximum atomic E-state index is 6.11. The van der Waals surface area contributed by atoms with Crippen LogP contribution in [0.1, 0.15) is 11.1 Å². The predicted molar refractivity (Wildman–Crippen MR) is 92.9 cm³/mol. The zero-order valence-corrected chi connectivity index (χ0v) is 13.4. The SMILES string of the molecule is Cc1ccc(N=Cc2ccc(N3CCOCC3)cc2)cc1Cl. The van der Waals surface area contributed by atoms with E-state index >= 15 is 0 Å². The molecule has 4 heteroatoms. The molecular weight excluding hydrogens is 296 g/mol. The summed E-state index contributed by atoms with van der Waals surface area (Å²) in [5.41, 5.74) is 4.25. The van der Waals surface area contributed by atoms with Gasteiger partial charge in [0.05, 0.1) is 18.9 Å². The van der Waals surface area contributed by atoms with Gasteiger partial charge in [0.25, 0.3) is 0 Å². The van der Waals surface area contributed by atoms with Gasteiger partial charge in [-0.05, 0) is 42.3 Å². The largest absolute Gasteiger partial charge is 0.378 e. The van der Waals surface area contributed by atoms with E-state index in [2.05, 4.69) is 34.2 Å². The molecule has 3 nitrogen and oxygen atoms in total. The maximum Gasteiger partial charge on any atom is 0.0644 e. The standard InChI is InChI=1S/C18H19ClN2O/c1-14-2-5-16(12-18(14)19)20-13-15-3-6-17(7-4-15)21-8-10-22-11-9-21/h2-7,12-13H,8-11H2,1H3. The van der Waals surface area contributed by atoms with Crippen LogP contribution in [-0.2, 0) is 4.74 Å². The maximum absolute atomic E-state index is 6.11. The minimum Gasteiger partial charge on any atom is -0.378 e. The van der Waals surface area contributed by atoms with Crippen molar-refractivity contribution in [3.8, 4) is 0 Å². The molecule has 1 heterocycles. The average molecular weight is 315 g/mol. The normalized spacial score (nSPS) is 15.5. The van der Waals surface area contributed by atoms with E-state index in [1.54, 1.807) is 0 Å². The van der Waals surface area contributed by atoms with Crippen LogP contribution in [0.15, 0.2) is 47.5 Å². The second-order valence-corrected chi connectivity index (χ2v) is 5.79. The molecule has 1 fully saturated rings. The number of benzene rings is 2. The zero-order valence-electron chi connectivity index (χ0n) is 12.6. The highest BCUT2D eigenvalue weighted by Crippen LogP contribution is 2.22. The van der Waals surface area contributed by atoms with Crippen LogP contribution >= 0.6 is 11.6 Å². The molecule has 0 aliphatic carbocycles. The number of anilines is 1. The fourth-order valence-electron chi connectivity index (χ4n) is 2.40. The molecule has 22 heavy (non-hydrogen) atoms. The first-order valence-electron chi connectivity index (χ1n) is 7.45. The molecular formula is C18H19ClN2O. The quantitative estimate of drug-likeness (QED) is 0.792. The Morgan fingerprint density at radius 1 is 1.09 bits per heavy atom. The van der Waals surface area contributed by atoms with Gasteiger partial charge < -0.3 is 9.64 Å². The Bertz CT molecular complexity index is 661. The zero-order chi connectivity index (χ0) is 15.4. The molecule has 1 aliphatic rings. The number of morpholine rings is 1. The Morgan fingerprint density at radius 3 is 2.50 bits per heavy atom. The predicted octanol–water partition coefficient (Wildman–Crippen LogP) is 4.24. The monoisotopic (exact) mass is 314 g/mol. The van der Waals surface area contributed by atoms with E-state index in [9.17, 15) is 0 Å². The van der Waals surface area contributed by atoms with E-state index in [0.29, 0.717) is 0 Å². The van der Waals surface area contributed by atoms with Crippen LogP contribution in [0, 0.1) is 6.92 Å². The number of hydrogen-bond acceptors (Lipinski definition) is 3. The van der Waals surface area contributed by atoms with Crippen LogP contribution < -0.4 is 4.90 Å². The van der Waals surface area contributed by atoms with Crippen molar-refractivity contribution < 1.29 is 4.74 Å². The van der Waals surface area contributed by atoms with Crippen molar-refractivity contribution in [2.45, 2.75) is 6.92 Å². The third-order valence-electron chi connectivity index (χ3n) is 3.79. The Morgan fingerprint density at radius 2 is 1.82 bits per heavy atom. The lowest BCUT2D eigenvalue weighted by atomic mass is 10.2. The number of ether oxygens (including phenoxy) is 1. The van der Waals surface area contributed by atoms with E-state index in [1.165, 1.54) is 5.69 Å². The number of aliphatic imine (C=N–C) groups is 1.